The van der Waals surface area contributed by atoms with Gasteiger partial charge in [0.05, 0.1) is 11.4 Å². The van der Waals surface area contributed by atoms with Gasteiger partial charge in [-0.3, -0.25) is 14.0 Å². The highest BCUT2D eigenvalue weighted by atomic mass is 32.2. The lowest BCUT2D eigenvalue weighted by Crippen LogP contribution is -2.11. The van der Waals surface area contributed by atoms with Gasteiger partial charge < -0.3 is 5.11 Å². The van der Waals surface area contributed by atoms with E-state index in [4.69, 9.17) is 5.11 Å². The monoisotopic (exact) mass is 199 g/mol. The molecule has 70 valence electrons. The number of carboxylic acids is 1. The van der Waals surface area contributed by atoms with E-state index in [1.807, 2.05) is 0 Å². The van der Waals surface area contributed by atoms with E-state index < -0.39 is 16.8 Å². The van der Waals surface area contributed by atoms with E-state index in [1.54, 1.807) is 24.4 Å². The quantitative estimate of drug-likeness (QED) is 0.762. The van der Waals surface area contributed by atoms with Crippen LogP contribution < -0.4 is 0 Å². The number of carbonyl (C=O) groups is 1. The van der Waals surface area contributed by atoms with Gasteiger partial charge in [0.2, 0.25) is 0 Å². The molecule has 1 unspecified atom stereocenters. The summed E-state index contributed by atoms with van der Waals surface area (Å²) < 4.78 is 11.1. The molecule has 0 aliphatic heterocycles. The Morgan fingerprint density at radius 1 is 1.54 bits per heavy atom. The molecule has 0 amide bonds. The minimum Gasteiger partial charge on any atom is -0.481 e. The highest BCUT2D eigenvalue weighted by Gasteiger charge is 2.06. The van der Waals surface area contributed by atoms with Gasteiger partial charge >= 0.3 is 5.97 Å². The third-order valence-electron chi connectivity index (χ3n) is 1.32. The van der Waals surface area contributed by atoms with Crippen LogP contribution in [-0.2, 0) is 21.3 Å². The van der Waals surface area contributed by atoms with Crippen LogP contribution in [0.5, 0.6) is 0 Å². The molecule has 13 heavy (non-hydrogen) atoms. The van der Waals surface area contributed by atoms with Crippen LogP contribution in [0.25, 0.3) is 0 Å². The van der Waals surface area contributed by atoms with Crippen LogP contribution >= 0.6 is 0 Å². The highest BCUT2D eigenvalue weighted by Crippen LogP contribution is 1.98. The number of nitrogens with zero attached hydrogens (tertiary/aromatic N) is 1. The molecule has 1 N–H and O–H groups in total. The van der Waals surface area contributed by atoms with Crippen LogP contribution in [0.1, 0.15) is 5.69 Å². The van der Waals surface area contributed by atoms with Crippen molar-refractivity contribution in [3.8, 4) is 0 Å². The van der Waals surface area contributed by atoms with Gasteiger partial charge in [-0.1, -0.05) is 6.07 Å². The Morgan fingerprint density at radius 2 is 2.31 bits per heavy atom. The highest BCUT2D eigenvalue weighted by molar-refractivity contribution is 7.84. The van der Waals surface area contributed by atoms with Crippen molar-refractivity contribution in [1.82, 2.24) is 4.98 Å². The zero-order valence-electron chi connectivity index (χ0n) is 6.84. The Bertz CT molecular complexity index is 312. The minimum absolute atomic E-state index is 0.202. The zero-order chi connectivity index (χ0) is 9.68. The van der Waals surface area contributed by atoms with Crippen molar-refractivity contribution in [1.29, 1.82) is 0 Å². The van der Waals surface area contributed by atoms with Crippen LogP contribution in [0.3, 0.4) is 0 Å². The molecule has 0 aliphatic carbocycles. The molecule has 0 saturated carbocycles. The van der Waals surface area contributed by atoms with E-state index in [1.165, 1.54) is 0 Å². The van der Waals surface area contributed by atoms with E-state index >= 15 is 0 Å². The molecule has 0 aliphatic rings. The average molecular weight is 199 g/mol. The molecule has 1 aromatic rings. The lowest BCUT2D eigenvalue weighted by atomic mass is 10.4. The number of hydrogen-bond donors (Lipinski definition) is 1. The lowest BCUT2D eigenvalue weighted by molar-refractivity contribution is -0.133. The molecule has 0 radical (unpaired) electrons. The van der Waals surface area contributed by atoms with Gasteiger partial charge in [0, 0.05) is 17.0 Å². The first-order chi connectivity index (χ1) is 6.18. The molecule has 0 bridgehead atoms. The molecule has 5 heteroatoms. The van der Waals surface area contributed by atoms with E-state index in [0.29, 0.717) is 5.69 Å². The smallest absolute Gasteiger partial charge is 0.316 e. The number of aliphatic carboxylic acids is 1. The van der Waals surface area contributed by atoms with Gasteiger partial charge in [0.1, 0.15) is 5.75 Å². The molecule has 4 nitrogen and oxygen atoms in total. The summed E-state index contributed by atoms with van der Waals surface area (Å²) in [5, 5.41) is 8.35. The maximum absolute atomic E-state index is 11.1. The molecule has 1 rings (SSSR count). The fourth-order valence-electron chi connectivity index (χ4n) is 0.837. The fourth-order valence-corrected chi connectivity index (χ4v) is 1.72. The third-order valence-corrected chi connectivity index (χ3v) is 2.51. The minimum atomic E-state index is -1.36. The molecule has 1 atom stereocenters. The number of aromatic nitrogens is 1. The second-order valence-electron chi connectivity index (χ2n) is 2.44. The van der Waals surface area contributed by atoms with Crippen LogP contribution in [-0.4, -0.2) is 26.0 Å². The van der Waals surface area contributed by atoms with Gasteiger partial charge in [-0.25, -0.2) is 0 Å². The number of rotatable bonds is 4. The zero-order valence-corrected chi connectivity index (χ0v) is 7.66. The normalized spacial score (nSPS) is 12.3. The maximum Gasteiger partial charge on any atom is 0.316 e. The molecule has 1 aromatic heterocycles. The Morgan fingerprint density at radius 3 is 2.85 bits per heavy atom. The molecular weight excluding hydrogens is 190 g/mol. The van der Waals surface area contributed by atoms with Gasteiger partial charge in [-0.2, -0.15) is 0 Å². The van der Waals surface area contributed by atoms with E-state index in [-0.39, 0.29) is 11.5 Å². The number of carboxylic acid groups (broad SMARTS) is 1. The lowest BCUT2D eigenvalue weighted by Gasteiger charge is -1.97. The predicted octanol–water partition coefficient (Wildman–Crippen LogP) is 0.415. The molecule has 0 saturated heterocycles. The van der Waals surface area contributed by atoms with Gasteiger partial charge in [-0.05, 0) is 12.1 Å². The van der Waals surface area contributed by atoms with Crippen molar-refractivity contribution in [2.45, 2.75) is 5.75 Å². The molecule has 1 heterocycles. The Hall–Kier alpha value is -1.23. The van der Waals surface area contributed by atoms with E-state index in [0.717, 1.165) is 0 Å². The van der Waals surface area contributed by atoms with Crippen molar-refractivity contribution in [2.24, 2.45) is 0 Å². The molecular formula is C8H9NO3S. The molecule has 0 spiro atoms. The standard InChI is InChI=1S/C8H9NO3S/c10-8(11)6-13(12)5-7-3-1-2-4-9-7/h1-4H,5-6H2,(H,10,11). The fraction of sp³-hybridized carbons (Fsp3) is 0.250. The number of pyridine rings is 1. The average Bonchev–Trinajstić information content (AvgIpc) is 2.04. The van der Waals surface area contributed by atoms with Crippen molar-refractivity contribution >= 4 is 16.8 Å². The predicted molar refractivity (Wildman–Crippen MR) is 48.6 cm³/mol. The maximum atomic E-state index is 11.1. The van der Waals surface area contributed by atoms with Gasteiger partial charge in [0.15, 0.2) is 0 Å². The van der Waals surface area contributed by atoms with Crippen molar-refractivity contribution < 1.29 is 14.1 Å². The summed E-state index contributed by atoms with van der Waals surface area (Å²) in [6.07, 6.45) is 1.59. The first-order valence-corrected chi connectivity index (χ1v) is 5.14. The van der Waals surface area contributed by atoms with Crippen LogP contribution in [0.2, 0.25) is 0 Å². The first-order valence-electron chi connectivity index (χ1n) is 3.65. The van der Waals surface area contributed by atoms with Crippen LogP contribution in [0.4, 0.5) is 0 Å². The van der Waals surface area contributed by atoms with Gasteiger partial charge in [0.25, 0.3) is 0 Å². The van der Waals surface area contributed by atoms with Gasteiger partial charge in [-0.15, -0.1) is 0 Å². The summed E-state index contributed by atoms with van der Waals surface area (Å²) in [7, 11) is -1.36. The second kappa shape index (κ2) is 4.71. The summed E-state index contributed by atoms with van der Waals surface area (Å²) in [6, 6.07) is 5.25. The summed E-state index contributed by atoms with van der Waals surface area (Å²) in [5.41, 5.74) is 0.655. The van der Waals surface area contributed by atoms with Crippen molar-refractivity contribution in [2.75, 3.05) is 5.75 Å². The first kappa shape index (κ1) is 9.85. The SMILES string of the molecule is O=C(O)CS(=O)Cc1ccccn1. The largest absolute Gasteiger partial charge is 0.481 e. The summed E-state index contributed by atoms with van der Waals surface area (Å²) >= 11 is 0. The third kappa shape index (κ3) is 3.80. The number of hydrogen-bond acceptors (Lipinski definition) is 3. The van der Waals surface area contributed by atoms with Crippen LogP contribution in [0.15, 0.2) is 24.4 Å². The summed E-state index contributed by atoms with van der Waals surface area (Å²) in [5.74, 6) is -1.17. The van der Waals surface area contributed by atoms with Crippen molar-refractivity contribution in [3.63, 3.8) is 0 Å². The Kier molecular flexibility index (Phi) is 3.57. The molecule has 0 fully saturated rings. The van der Waals surface area contributed by atoms with Crippen molar-refractivity contribution in [3.05, 3.63) is 30.1 Å². The Labute approximate surface area is 78.1 Å². The van der Waals surface area contributed by atoms with E-state index in [2.05, 4.69) is 4.98 Å². The second-order valence-corrected chi connectivity index (χ2v) is 3.90. The Balaban J connectivity index is 2.50. The van der Waals surface area contributed by atoms with Crippen LogP contribution in [0, 0.1) is 0 Å². The summed E-state index contributed by atoms with van der Waals surface area (Å²) in [4.78, 5) is 14.1. The topological polar surface area (TPSA) is 67.3 Å². The molecule has 0 aromatic carbocycles. The van der Waals surface area contributed by atoms with E-state index in [9.17, 15) is 9.00 Å². The summed E-state index contributed by atoms with van der Waals surface area (Å²) in [6.45, 7) is 0.